The van der Waals surface area contributed by atoms with Crippen LogP contribution in [0, 0.1) is 11.3 Å². The molecule has 0 spiro atoms. The third-order valence-corrected chi connectivity index (χ3v) is 7.32. The molecule has 2 aromatic rings. The SMILES string of the molecule is CO[C@@H]1CC[C@@H]2CCOc3c(C#N)cccc3C(=O)N(C)C[C@@H](c3ccccc3)CC(=O)N(C)C[C@H]1O2. The standard InChI is InChI=1S/C29H35N3O5/c1-31-19-26-25(35-3)13-12-23(37-26)14-15-36-28-21(17-30)10-7-11-24(28)29(34)32(2)18-22(16-27(31)33)20-8-5-4-6-9-20/h4-11,22-23,25-26H,12-16,18-19H2,1-3H3/t22-,23+,25+,26+/m0/s1. The Balaban J connectivity index is 1.69. The second-order valence-corrected chi connectivity index (χ2v) is 9.85. The van der Waals surface area contributed by atoms with Gasteiger partial charge >= 0.3 is 0 Å². The normalized spacial score (nSPS) is 25.7. The first kappa shape index (κ1) is 26.6. The Hall–Kier alpha value is -3.41. The highest BCUT2D eigenvalue weighted by Crippen LogP contribution is 2.30. The lowest BCUT2D eigenvalue weighted by atomic mass is 9.93. The molecule has 0 aromatic heterocycles. The number of carbonyl (C=O) groups excluding carboxylic acids is 2. The second-order valence-electron chi connectivity index (χ2n) is 9.85. The Morgan fingerprint density at radius 1 is 0.973 bits per heavy atom. The largest absolute Gasteiger partial charge is 0.491 e. The zero-order valence-corrected chi connectivity index (χ0v) is 21.8. The first-order valence-electron chi connectivity index (χ1n) is 12.8. The second kappa shape index (κ2) is 12.2. The molecule has 1 saturated heterocycles. The van der Waals surface area contributed by atoms with Gasteiger partial charge in [-0.1, -0.05) is 36.4 Å². The maximum Gasteiger partial charge on any atom is 0.257 e. The van der Waals surface area contributed by atoms with E-state index in [4.69, 9.17) is 14.2 Å². The van der Waals surface area contributed by atoms with Gasteiger partial charge in [0, 0.05) is 53.1 Å². The van der Waals surface area contributed by atoms with Crippen molar-refractivity contribution in [2.45, 2.75) is 49.9 Å². The van der Waals surface area contributed by atoms with E-state index in [1.54, 1.807) is 49.2 Å². The first-order chi connectivity index (χ1) is 17.9. The van der Waals surface area contributed by atoms with Crippen molar-refractivity contribution in [1.29, 1.82) is 5.26 Å². The van der Waals surface area contributed by atoms with Crippen molar-refractivity contribution in [3.8, 4) is 11.8 Å². The molecule has 2 heterocycles. The number of fused-ring (bicyclic) bond motifs is 3. The van der Waals surface area contributed by atoms with Gasteiger partial charge in [-0.3, -0.25) is 9.59 Å². The molecule has 8 heteroatoms. The van der Waals surface area contributed by atoms with Crippen LogP contribution in [0.3, 0.4) is 0 Å². The monoisotopic (exact) mass is 505 g/mol. The number of ether oxygens (including phenoxy) is 3. The van der Waals surface area contributed by atoms with Gasteiger partial charge in [-0.25, -0.2) is 0 Å². The molecule has 0 N–H and O–H groups in total. The summed E-state index contributed by atoms with van der Waals surface area (Å²) in [5.74, 6) is -0.182. The predicted molar refractivity (Wildman–Crippen MR) is 138 cm³/mol. The number of likely N-dealkylation sites (N-methyl/N-ethyl adjacent to an activating group) is 2. The van der Waals surface area contributed by atoms with Gasteiger partial charge in [0.05, 0.1) is 29.9 Å². The molecule has 0 aliphatic carbocycles. The third-order valence-electron chi connectivity index (χ3n) is 7.32. The average Bonchev–Trinajstić information content (AvgIpc) is 2.92. The van der Waals surface area contributed by atoms with Crippen molar-refractivity contribution in [2.24, 2.45) is 0 Å². The van der Waals surface area contributed by atoms with E-state index in [9.17, 15) is 14.9 Å². The maximum atomic E-state index is 13.6. The summed E-state index contributed by atoms with van der Waals surface area (Å²) in [5, 5.41) is 9.69. The van der Waals surface area contributed by atoms with Crippen LogP contribution < -0.4 is 4.74 Å². The van der Waals surface area contributed by atoms with Gasteiger partial charge in [-0.15, -0.1) is 0 Å². The van der Waals surface area contributed by atoms with Gasteiger partial charge in [0.2, 0.25) is 5.91 Å². The van der Waals surface area contributed by atoms with Crippen LogP contribution in [0.2, 0.25) is 0 Å². The molecule has 8 nitrogen and oxygen atoms in total. The molecule has 0 radical (unpaired) electrons. The fraction of sp³-hybridized carbons (Fsp3) is 0.483. The molecule has 4 rings (SSSR count). The van der Waals surface area contributed by atoms with Crippen molar-refractivity contribution < 1.29 is 23.8 Å². The van der Waals surface area contributed by atoms with Crippen molar-refractivity contribution in [1.82, 2.24) is 9.80 Å². The smallest absolute Gasteiger partial charge is 0.257 e. The summed E-state index contributed by atoms with van der Waals surface area (Å²) in [6.45, 7) is 1.06. The van der Waals surface area contributed by atoms with Crippen molar-refractivity contribution in [2.75, 3.05) is 40.9 Å². The molecule has 2 bridgehead atoms. The molecular formula is C29H35N3O5. The summed E-state index contributed by atoms with van der Waals surface area (Å²) in [4.78, 5) is 30.3. The summed E-state index contributed by atoms with van der Waals surface area (Å²) >= 11 is 0. The molecule has 2 aliphatic heterocycles. The highest BCUT2D eigenvalue weighted by molar-refractivity contribution is 5.97. The average molecular weight is 506 g/mol. The minimum Gasteiger partial charge on any atom is -0.491 e. The molecule has 196 valence electrons. The maximum absolute atomic E-state index is 13.6. The minimum absolute atomic E-state index is 0.0159. The zero-order chi connectivity index (χ0) is 26.4. The summed E-state index contributed by atoms with van der Waals surface area (Å²) < 4.78 is 18.1. The lowest BCUT2D eigenvalue weighted by Gasteiger charge is -2.38. The van der Waals surface area contributed by atoms with Crippen LogP contribution >= 0.6 is 0 Å². The first-order valence-corrected chi connectivity index (χ1v) is 12.8. The molecule has 2 amide bonds. The van der Waals surface area contributed by atoms with Crippen LogP contribution in [0.4, 0.5) is 0 Å². The third kappa shape index (κ3) is 6.30. The quantitative estimate of drug-likeness (QED) is 0.619. The van der Waals surface area contributed by atoms with Crippen molar-refractivity contribution >= 4 is 11.8 Å². The number of hydrogen-bond acceptors (Lipinski definition) is 6. The fourth-order valence-electron chi connectivity index (χ4n) is 5.19. The number of hydrogen-bond donors (Lipinski definition) is 0. The Labute approximate surface area is 218 Å². The van der Waals surface area contributed by atoms with E-state index in [0.29, 0.717) is 43.0 Å². The minimum atomic E-state index is -0.252. The fourth-order valence-corrected chi connectivity index (χ4v) is 5.19. The van der Waals surface area contributed by atoms with Crippen LogP contribution in [0.25, 0.3) is 0 Å². The van der Waals surface area contributed by atoms with E-state index in [1.807, 2.05) is 30.3 Å². The summed E-state index contributed by atoms with van der Waals surface area (Å²) in [5.41, 5.74) is 1.64. The number of amides is 2. The van der Waals surface area contributed by atoms with Crippen LogP contribution in [-0.4, -0.2) is 80.8 Å². The molecule has 1 fully saturated rings. The van der Waals surface area contributed by atoms with Crippen molar-refractivity contribution in [3.05, 3.63) is 65.2 Å². The Kier molecular flexibility index (Phi) is 8.80. The van der Waals surface area contributed by atoms with Crippen LogP contribution in [0.5, 0.6) is 5.75 Å². The van der Waals surface area contributed by atoms with E-state index in [1.165, 1.54) is 0 Å². The van der Waals surface area contributed by atoms with Crippen molar-refractivity contribution in [3.63, 3.8) is 0 Å². The molecule has 2 aliphatic rings. The van der Waals surface area contributed by atoms with Gasteiger partial charge in [-0.05, 0) is 30.5 Å². The number of benzene rings is 2. The number of methoxy groups -OCH3 is 1. The highest BCUT2D eigenvalue weighted by Gasteiger charge is 2.34. The number of nitriles is 1. The Bertz CT molecular complexity index is 1130. The van der Waals surface area contributed by atoms with Gasteiger partial charge in [0.15, 0.2) is 0 Å². The number of carbonyl (C=O) groups is 2. The summed E-state index contributed by atoms with van der Waals surface area (Å²) in [7, 11) is 5.20. The molecule has 4 atom stereocenters. The van der Waals surface area contributed by atoms with E-state index in [-0.39, 0.29) is 42.5 Å². The Morgan fingerprint density at radius 2 is 1.76 bits per heavy atom. The van der Waals surface area contributed by atoms with E-state index < -0.39 is 0 Å². The van der Waals surface area contributed by atoms with E-state index in [2.05, 4.69) is 6.07 Å². The lowest BCUT2D eigenvalue weighted by molar-refractivity contribution is -0.150. The topological polar surface area (TPSA) is 92.1 Å². The lowest BCUT2D eigenvalue weighted by Crippen LogP contribution is -2.48. The molecule has 2 aromatic carbocycles. The van der Waals surface area contributed by atoms with Gasteiger partial charge in [0.1, 0.15) is 17.9 Å². The van der Waals surface area contributed by atoms with Crippen LogP contribution in [0.15, 0.2) is 48.5 Å². The van der Waals surface area contributed by atoms with Gasteiger partial charge in [-0.2, -0.15) is 5.26 Å². The van der Waals surface area contributed by atoms with Gasteiger partial charge in [0.25, 0.3) is 5.91 Å². The highest BCUT2D eigenvalue weighted by atomic mass is 16.5. The van der Waals surface area contributed by atoms with Gasteiger partial charge < -0.3 is 24.0 Å². The number of rotatable bonds is 2. The number of nitrogens with zero attached hydrogens (tertiary/aromatic N) is 3. The molecule has 0 saturated carbocycles. The molecule has 0 unspecified atom stereocenters. The van der Waals surface area contributed by atoms with Crippen LogP contribution in [-0.2, 0) is 14.3 Å². The van der Waals surface area contributed by atoms with Crippen LogP contribution in [0.1, 0.15) is 53.1 Å². The molecule has 37 heavy (non-hydrogen) atoms. The van der Waals surface area contributed by atoms with E-state index in [0.717, 1.165) is 18.4 Å². The molecular weight excluding hydrogens is 470 g/mol. The van der Waals surface area contributed by atoms with E-state index >= 15 is 0 Å². The number of para-hydroxylation sites is 1. The Morgan fingerprint density at radius 3 is 2.49 bits per heavy atom. The zero-order valence-electron chi connectivity index (χ0n) is 21.8. The predicted octanol–water partition coefficient (Wildman–Crippen LogP) is 3.61. The summed E-state index contributed by atoms with van der Waals surface area (Å²) in [6, 6.07) is 17.0. The summed E-state index contributed by atoms with van der Waals surface area (Å²) in [6.07, 6.45) is 2.07.